The largest absolute Gasteiger partial charge is 0.384 e. The molecule has 9 heteroatoms. The highest BCUT2D eigenvalue weighted by molar-refractivity contribution is 6.30. The molecule has 1 aromatic carbocycles. The number of nitrogen functional groups attached to an aromatic ring is 1. The SMILES string of the molecule is CCNc1nc(Cl)c2n(c1=O)[C@H](C(=O)NCc1ccc(C(=N)N)cc1)CC2(CC)CC. The molecule has 0 spiro atoms. The average molecular weight is 445 g/mol. The Balaban J connectivity index is 1.92. The Morgan fingerprint density at radius 1 is 1.29 bits per heavy atom. The van der Waals surface area contributed by atoms with Crippen LogP contribution in [0, 0.1) is 5.41 Å². The van der Waals surface area contributed by atoms with Crippen LogP contribution in [0.4, 0.5) is 5.82 Å². The van der Waals surface area contributed by atoms with Gasteiger partial charge in [0.15, 0.2) is 11.0 Å². The van der Waals surface area contributed by atoms with Gasteiger partial charge in [-0.05, 0) is 31.7 Å². The van der Waals surface area contributed by atoms with Gasteiger partial charge >= 0.3 is 0 Å². The second-order valence-electron chi connectivity index (χ2n) is 7.84. The first-order valence-corrected chi connectivity index (χ1v) is 10.9. The van der Waals surface area contributed by atoms with E-state index in [-0.39, 0.29) is 33.7 Å². The molecule has 8 nitrogen and oxygen atoms in total. The summed E-state index contributed by atoms with van der Waals surface area (Å²) in [6, 6.07) is 6.46. The van der Waals surface area contributed by atoms with E-state index in [1.54, 1.807) is 12.1 Å². The van der Waals surface area contributed by atoms with Gasteiger partial charge in [-0.2, -0.15) is 0 Å². The molecule has 1 amide bonds. The monoisotopic (exact) mass is 444 g/mol. The lowest BCUT2D eigenvalue weighted by molar-refractivity contribution is -0.124. The highest BCUT2D eigenvalue weighted by Crippen LogP contribution is 2.47. The third-order valence-corrected chi connectivity index (χ3v) is 6.46. The van der Waals surface area contributed by atoms with Gasteiger partial charge in [-0.3, -0.25) is 19.6 Å². The normalized spacial score (nSPS) is 16.6. The summed E-state index contributed by atoms with van der Waals surface area (Å²) < 4.78 is 1.54. The molecule has 0 fully saturated rings. The smallest absolute Gasteiger partial charge is 0.294 e. The molecule has 2 aromatic rings. The summed E-state index contributed by atoms with van der Waals surface area (Å²) in [6.07, 6.45) is 2.00. The molecule has 0 radical (unpaired) electrons. The van der Waals surface area contributed by atoms with Gasteiger partial charge in [0.1, 0.15) is 11.9 Å². The van der Waals surface area contributed by atoms with Gasteiger partial charge in [0.25, 0.3) is 5.56 Å². The Bertz CT molecular complexity index is 1040. The fourth-order valence-corrected chi connectivity index (χ4v) is 4.70. The van der Waals surface area contributed by atoms with E-state index in [4.69, 9.17) is 22.7 Å². The molecule has 2 heterocycles. The molecular formula is C22H29ClN6O2. The molecule has 0 bridgehead atoms. The zero-order valence-corrected chi connectivity index (χ0v) is 18.8. The molecular weight excluding hydrogens is 416 g/mol. The summed E-state index contributed by atoms with van der Waals surface area (Å²) in [4.78, 5) is 30.7. The first-order valence-electron chi connectivity index (χ1n) is 10.5. The van der Waals surface area contributed by atoms with Crippen LogP contribution >= 0.6 is 11.6 Å². The highest BCUT2D eigenvalue weighted by atomic mass is 35.5. The fourth-order valence-electron chi connectivity index (χ4n) is 4.32. The second kappa shape index (κ2) is 9.09. The van der Waals surface area contributed by atoms with Crippen LogP contribution in [0.5, 0.6) is 0 Å². The number of amides is 1. The number of amidine groups is 1. The Morgan fingerprint density at radius 2 is 1.94 bits per heavy atom. The maximum atomic E-state index is 13.2. The number of nitrogens with zero attached hydrogens (tertiary/aromatic N) is 2. The summed E-state index contributed by atoms with van der Waals surface area (Å²) in [5.74, 6) is -0.0701. The predicted molar refractivity (Wildman–Crippen MR) is 123 cm³/mol. The zero-order valence-electron chi connectivity index (χ0n) is 18.1. The number of nitrogens with two attached hydrogens (primary N) is 1. The van der Waals surface area contributed by atoms with E-state index in [2.05, 4.69) is 15.6 Å². The molecule has 0 aliphatic carbocycles. The van der Waals surface area contributed by atoms with Crippen molar-refractivity contribution in [2.45, 2.75) is 58.0 Å². The number of carbonyl (C=O) groups is 1. The fraction of sp³-hybridized carbons (Fsp3) is 0.455. The number of aromatic nitrogens is 2. The lowest BCUT2D eigenvalue weighted by atomic mass is 9.77. The minimum absolute atomic E-state index is 0.00465. The number of anilines is 1. The van der Waals surface area contributed by atoms with Crippen molar-refractivity contribution in [2.24, 2.45) is 5.73 Å². The molecule has 1 aromatic heterocycles. The molecule has 5 N–H and O–H groups in total. The van der Waals surface area contributed by atoms with Crippen LogP contribution in [0.2, 0.25) is 5.15 Å². The molecule has 1 aliphatic heterocycles. The summed E-state index contributed by atoms with van der Waals surface area (Å²) in [6.45, 7) is 6.80. The van der Waals surface area contributed by atoms with Gasteiger partial charge in [0.2, 0.25) is 5.91 Å². The number of nitrogens with one attached hydrogen (secondary N) is 3. The van der Waals surface area contributed by atoms with E-state index in [1.807, 2.05) is 32.9 Å². The van der Waals surface area contributed by atoms with Gasteiger partial charge in [-0.25, -0.2) is 4.98 Å². The topological polar surface area (TPSA) is 126 Å². The number of fused-ring (bicyclic) bond motifs is 1. The minimum atomic E-state index is -0.656. The van der Waals surface area contributed by atoms with Gasteiger partial charge < -0.3 is 16.4 Å². The zero-order chi connectivity index (χ0) is 22.8. The van der Waals surface area contributed by atoms with Crippen LogP contribution in [0.3, 0.4) is 0 Å². The first kappa shape index (κ1) is 22.8. The lowest BCUT2D eigenvalue weighted by Crippen LogP contribution is -2.36. The first-order chi connectivity index (χ1) is 14.8. The standard InChI is InChI=1S/C22H29ClN6O2/c1-4-22(5-2)11-15(29-16(22)17(23)28-19(21(29)31)26-6-3)20(30)27-12-13-7-9-14(10-8-13)18(24)25/h7-10,15H,4-6,11-12H2,1-3H3,(H3,24,25)(H,26,28)(H,27,30)/t15-/m0/s1. The molecule has 3 rings (SSSR count). The van der Waals surface area contributed by atoms with E-state index >= 15 is 0 Å². The Kier molecular flexibility index (Phi) is 6.69. The number of carbonyl (C=O) groups excluding carboxylic acids is 1. The highest BCUT2D eigenvalue weighted by Gasteiger charge is 2.47. The summed E-state index contributed by atoms with van der Waals surface area (Å²) in [5, 5.41) is 13.6. The number of hydrogen-bond acceptors (Lipinski definition) is 5. The molecule has 0 saturated carbocycles. The van der Waals surface area contributed by atoms with Crippen molar-refractivity contribution in [1.82, 2.24) is 14.9 Å². The van der Waals surface area contributed by atoms with Crippen molar-refractivity contribution >= 4 is 29.2 Å². The van der Waals surface area contributed by atoms with Crippen molar-refractivity contribution < 1.29 is 4.79 Å². The van der Waals surface area contributed by atoms with E-state index in [0.717, 1.165) is 18.4 Å². The van der Waals surface area contributed by atoms with Crippen LogP contribution in [0.1, 0.15) is 62.9 Å². The number of hydrogen-bond donors (Lipinski definition) is 4. The molecule has 1 atom stereocenters. The maximum Gasteiger partial charge on any atom is 0.294 e. The summed E-state index contributed by atoms with van der Waals surface area (Å²) in [5.41, 5.74) is 6.94. The Morgan fingerprint density at radius 3 is 2.48 bits per heavy atom. The van der Waals surface area contributed by atoms with E-state index in [0.29, 0.717) is 30.8 Å². The molecule has 1 aliphatic rings. The summed E-state index contributed by atoms with van der Waals surface area (Å²) >= 11 is 6.54. The Labute approximate surface area is 186 Å². The van der Waals surface area contributed by atoms with Crippen molar-refractivity contribution in [3.63, 3.8) is 0 Å². The van der Waals surface area contributed by atoms with E-state index in [9.17, 15) is 9.59 Å². The van der Waals surface area contributed by atoms with Crippen molar-refractivity contribution in [3.05, 3.63) is 56.6 Å². The minimum Gasteiger partial charge on any atom is -0.384 e. The number of halogens is 1. The average Bonchev–Trinajstić information content (AvgIpc) is 3.13. The summed E-state index contributed by atoms with van der Waals surface area (Å²) in [7, 11) is 0. The van der Waals surface area contributed by atoms with E-state index < -0.39 is 6.04 Å². The molecule has 0 unspecified atom stereocenters. The van der Waals surface area contributed by atoms with Gasteiger partial charge in [-0.15, -0.1) is 0 Å². The third-order valence-electron chi connectivity index (χ3n) is 6.20. The van der Waals surface area contributed by atoms with E-state index in [1.165, 1.54) is 4.57 Å². The van der Waals surface area contributed by atoms with Gasteiger partial charge in [0.05, 0.1) is 5.69 Å². The van der Waals surface area contributed by atoms with Crippen LogP contribution in [-0.4, -0.2) is 27.8 Å². The van der Waals surface area contributed by atoms with Crippen molar-refractivity contribution in [2.75, 3.05) is 11.9 Å². The lowest BCUT2D eigenvalue weighted by Gasteiger charge is -2.26. The predicted octanol–water partition coefficient (Wildman–Crippen LogP) is 2.93. The molecule has 166 valence electrons. The van der Waals surface area contributed by atoms with Crippen molar-refractivity contribution in [3.8, 4) is 0 Å². The molecule has 31 heavy (non-hydrogen) atoms. The van der Waals surface area contributed by atoms with Crippen LogP contribution in [0.15, 0.2) is 29.1 Å². The van der Waals surface area contributed by atoms with Gasteiger partial charge in [-0.1, -0.05) is 49.7 Å². The number of rotatable bonds is 8. The quantitative estimate of drug-likeness (QED) is 0.368. The second-order valence-corrected chi connectivity index (χ2v) is 8.20. The van der Waals surface area contributed by atoms with Crippen LogP contribution < -0.4 is 21.9 Å². The number of benzene rings is 1. The maximum absolute atomic E-state index is 13.2. The third kappa shape index (κ3) is 4.17. The molecule has 0 saturated heterocycles. The van der Waals surface area contributed by atoms with Gasteiger partial charge in [0, 0.05) is 24.1 Å². The van der Waals surface area contributed by atoms with Crippen LogP contribution in [0.25, 0.3) is 0 Å². The van der Waals surface area contributed by atoms with Crippen LogP contribution in [-0.2, 0) is 16.8 Å². The Hall–Kier alpha value is -2.87. The van der Waals surface area contributed by atoms with Crippen molar-refractivity contribution in [1.29, 1.82) is 5.41 Å².